The summed E-state index contributed by atoms with van der Waals surface area (Å²) in [5.74, 6) is 0. The molecule has 1 unspecified atom stereocenters. The van der Waals surface area contributed by atoms with Crippen molar-refractivity contribution in [3.05, 3.63) is 0 Å². The molecule has 1 atom stereocenters. The third-order valence-corrected chi connectivity index (χ3v) is 2.34. The second kappa shape index (κ2) is 4.73. The van der Waals surface area contributed by atoms with E-state index in [9.17, 15) is 0 Å². The molecule has 0 radical (unpaired) electrons. The van der Waals surface area contributed by atoms with E-state index in [1.165, 1.54) is 0 Å². The van der Waals surface area contributed by atoms with Crippen molar-refractivity contribution in [2.75, 3.05) is 0 Å². The van der Waals surface area contributed by atoms with Crippen LogP contribution in [0.4, 0.5) is 0 Å². The molecule has 0 saturated heterocycles. The van der Waals surface area contributed by atoms with Gasteiger partial charge in [0.15, 0.2) is 0 Å². The summed E-state index contributed by atoms with van der Waals surface area (Å²) in [6.45, 7) is 6.31. The fraction of sp³-hybridized carbons (Fsp3) is 1.00. The number of nitrogens with two attached hydrogens (primary N) is 2. The molecular weight excluding hydrogens is 136 g/mol. The molecule has 0 heterocycles. The van der Waals surface area contributed by atoms with Gasteiger partial charge in [0.1, 0.15) is 0 Å². The van der Waals surface area contributed by atoms with Gasteiger partial charge in [-0.3, -0.25) is 0 Å². The van der Waals surface area contributed by atoms with Gasteiger partial charge in [-0.1, -0.05) is 26.7 Å². The summed E-state index contributed by atoms with van der Waals surface area (Å²) < 4.78 is 0. The summed E-state index contributed by atoms with van der Waals surface area (Å²) in [4.78, 5) is 0. The smallest absolute Gasteiger partial charge is 0.0304 e. The molecule has 2 nitrogen and oxygen atoms in total. The van der Waals surface area contributed by atoms with Crippen molar-refractivity contribution < 1.29 is 0 Å². The summed E-state index contributed by atoms with van der Waals surface area (Å²) in [6, 6.07) is 0.113. The molecular formula is C9H22N2. The standard InChI is InChI=1S/C9H22N2/c1-4-6-9(11,7-5-2)8(3)10/h8H,4-7,10-11H2,1-3H3. The van der Waals surface area contributed by atoms with Gasteiger partial charge in [0.2, 0.25) is 0 Å². The second-order valence-electron chi connectivity index (χ2n) is 3.52. The van der Waals surface area contributed by atoms with Crippen molar-refractivity contribution >= 4 is 0 Å². The minimum atomic E-state index is -0.122. The highest BCUT2D eigenvalue weighted by Gasteiger charge is 2.26. The molecule has 0 spiro atoms. The number of hydrogen-bond acceptors (Lipinski definition) is 2. The molecule has 68 valence electrons. The molecule has 2 heteroatoms. The Morgan fingerprint density at radius 1 is 1.18 bits per heavy atom. The summed E-state index contributed by atoms with van der Waals surface area (Å²) in [5, 5.41) is 0. The molecule has 0 aliphatic heterocycles. The second-order valence-corrected chi connectivity index (χ2v) is 3.52. The van der Waals surface area contributed by atoms with E-state index < -0.39 is 0 Å². The SMILES string of the molecule is CCCC(N)(CCC)C(C)N. The lowest BCUT2D eigenvalue weighted by molar-refractivity contribution is 0.306. The topological polar surface area (TPSA) is 52.0 Å². The molecule has 0 aromatic carbocycles. The molecule has 0 aliphatic carbocycles. The quantitative estimate of drug-likeness (QED) is 0.639. The Morgan fingerprint density at radius 3 is 1.73 bits per heavy atom. The van der Waals surface area contributed by atoms with Gasteiger partial charge in [-0.2, -0.15) is 0 Å². The van der Waals surface area contributed by atoms with E-state index in [0.29, 0.717) is 0 Å². The summed E-state index contributed by atoms with van der Waals surface area (Å²) in [6.07, 6.45) is 4.33. The average molecular weight is 158 g/mol. The summed E-state index contributed by atoms with van der Waals surface area (Å²) in [5.41, 5.74) is 11.8. The van der Waals surface area contributed by atoms with Crippen molar-refractivity contribution in [1.82, 2.24) is 0 Å². The largest absolute Gasteiger partial charge is 0.326 e. The fourth-order valence-electron chi connectivity index (χ4n) is 1.51. The zero-order valence-electron chi connectivity index (χ0n) is 8.06. The van der Waals surface area contributed by atoms with E-state index in [2.05, 4.69) is 13.8 Å². The zero-order chi connectivity index (χ0) is 8.91. The molecule has 0 fully saturated rings. The van der Waals surface area contributed by atoms with Gasteiger partial charge < -0.3 is 11.5 Å². The normalized spacial score (nSPS) is 15.0. The lowest BCUT2D eigenvalue weighted by atomic mass is 9.84. The van der Waals surface area contributed by atoms with Crippen LogP contribution in [0.1, 0.15) is 46.5 Å². The Labute approximate surface area is 70.3 Å². The van der Waals surface area contributed by atoms with E-state index >= 15 is 0 Å². The maximum absolute atomic E-state index is 6.14. The van der Waals surface area contributed by atoms with Gasteiger partial charge in [0, 0.05) is 11.6 Å². The van der Waals surface area contributed by atoms with Crippen LogP contribution in [0.25, 0.3) is 0 Å². The van der Waals surface area contributed by atoms with Gasteiger partial charge in [0.25, 0.3) is 0 Å². The molecule has 0 saturated carbocycles. The van der Waals surface area contributed by atoms with Gasteiger partial charge in [-0.05, 0) is 19.8 Å². The minimum Gasteiger partial charge on any atom is -0.326 e. The monoisotopic (exact) mass is 158 g/mol. The van der Waals surface area contributed by atoms with Crippen molar-refractivity contribution in [2.45, 2.75) is 58.0 Å². The van der Waals surface area contributed by atoms with Crippen LogP contribution in [-0.2, 0) is 0 Å². The van der Waals surface area contributed by atoms with E-state index in [4.69, 9.17) is 11.5 Å². The van der Waals surface area contributed by atoms with Crippen LogP contribution in [0.15, 0.2) is 0 Å². The highest BCUT2D eigenvalue weighted by atomic mass is 14.8. The van der Waals surface area contributed by atoms with E-state index in [-0.39, 0.29) is 11.6 Å². The van der Waals surface area contributed by atoms with Gasteiger partial charge in [0.05, 0.1) is 0 Å². The van der Waals surface area contributed by atoms with Crippen LogP contribution in [0.3, 0.4) is 0 Å². The molecule has 0 aromatic rings. The first-order valence-corrected chi connectivity index (χ1v) is 4.61. The molecule has 0 aromatic heterocycles. The molecule has 11 heavy (non-hydrogen) atoms. The maximum Gasteiger partial charge on any atom is 0.0304 e. The highest BCUT2D eigenvalue weighted by molar-refractivity contribution is 4.90. The Morgan fingerprint density at radius 2 is 1.55 bits per heavy atom. The molecule has 0 aliphatic rings. The van der Waals surface area contributed by atoms with Crippen LogP contribution >= 0.6 is 0 Å². The Kier molecular flexibility index (Phi) is 4.69. The number of rotatable bonds is 5. The highest BCUT2D eigenvalue weighted by Crippen LogP contribution is 2.19. The first-order valence-electron chi connectivity index (χ1n) is 4.61. The van der Waals surface area contributed by atoms with Gasteiger partial charge >= 0.3 is 0 Å². The van der Waals surface area contributed by atoms with Crippen LogP contribution in [0.2, 0.25) is 0 Å². The lowest BCUT2D eigenvalue weighted by Gasteiger charge is -2.32. The van der Waals surface area contributed by atoms with E-state index in [0.717, 1.165) is 25.7 Å². The lowest BCUT2D eigenvalue weighted by Crippen LogP contribution is -2.53. The van der Waals surface area contributed by atoms with Crippen molar-refractivity contribution in [3.8, 4) is 0 Å². The zero-order valence-corrected chi connectivity index (χ0v) is 8.06. The predicted molar refractivity (Wildman–Crippen MR) is 50.4 cm³/mol. The molecule has 4 N–H and O–H groups in total. The Balaban J connectivity index is 4.01. The fourth-order valence-corrected chi connectivity index (χ4v) is 1.51. The average Bonchev–Trinajstić information content (AvgIpc) is 1.88. The minimum absolute atomic E-state index is 0.113. The van der Waals surface area contributed by atoms with Crippen LogP contribution in [0, 0.1) is 0 Å². The van der Waals surface area contributed by atoms with Crippen LogP contribution in [0.5, 0.6) is 0 Å². The summed E-state index contributed by atoms with van der Waals surface area (Å²) in [7, 11) is 0. The van der Waals surface area contributed by atoms with E-state index in [1.54, 1.807) is 0 Å². The first kappa shape index (κ1) is 10.9. The summed E-state index contributed by atoms with van der Waals surface area (Å²) >= 11 is 0. The van der Waals surface area contributed by atoms with Gasteiger partial charge in [-0.15, -0.1) is 0 Å². The predicted octanol–water partition coefficient (Wildman–Crippen LogP) is 1.63. The van der Waals surface area contributed by atoms with Crippen molar-refractivity contribution in [1.29, 1.82) is 0 Å². The molecule has 0 bridgehead atoms. The van der Waals surface area contributed by atoms with Crippen molar-refractivity contribution in [3.63, 3.8) is 0 Å². The maximum atomic E-state index is 6.14. The van der Waals surface area contributed by atoms with Crippen molar-refractivity contribution in [2.24, 2.45) is 11.5 Å². The first-order chi connectivity index (χ1) is 5.06. The molecule has 0 rings (SSSR count). The molecule has 0 amide bonds. The Hall–Kier alpha value is -0.0800. The van der Waals surface area contributed by atoms with Gasteiger partial charge in [-0.25, -0.2) is 0 Å². The Bertz CT molecular complexity index is 93.7. The van der Waals surface area contributed by atoms with Crippen LogP contribution in [-0.4, -0.2) is 11.6 Å². The number of hydrogen-bond donors (Lipinski definition) is 2. The third-order valence-electron chi connectivity index (χ3n) is 2.34. The van der Waals surface area contributed by atoms with E-state index in [1.807, 2.05) is 6.92 Å². The van der Waals surface area contributed by atoms with Crippen LogP contribution < -0.4 is 11.5 Å². The third kappa shape index (κ3) is 3.21.